The lowest BCUT2D eigenvalue weighted by molar-refractivity contribution is 1.55. The van der Waals surface area contributed by atoms with Crippen LogP contribution in [0.1, 0.15) is 0 Å². The van der Waals surface area contributed by atoms with Crippen LogP contribution >= 0.6 is 31.9 Å². The fourth-order valence-corrected chi connectivity index (χ4v) is 10.2. The summed E-state index contributed by atoms with van der Waals surface area (Å²) < 4.78 is 2.09. The molecular weight excluding hydrogens is 880 g/mol. The van der Waals surface area contributed by atoms with Gasteiger partial charge < -0.3 is 0 Å². The van der Waals surface area contributed by atoms with Crippen LogP contribution in [0, 0.1) is 0 Å². The van der Waals surface area contributed by atoms with Crippen molar-refractivity contribution in [3.05, 3.63) is 239 Å². The van der Waals surface area contributed by atoms with Gasteiger partial charge in [-0.15, -0.1) is 0 Å². The van der Waals surface area contributed by atoms with Gasteiger partial charge in [0.05, 0.1) is 0 Å². The smallest absolute Gasteiger partial charge is 0.0188 e. The average Bonchev–Trinajstić information content (AvgIpc) is 3.34. The van der Waals surface area contributed by atoms with Crippen LogP contribution in [0.2, 0.25) is 0 Å². The monoisotopic (exact) mass is 916 g/mol. The number of hydrogen-bond acceptors (Lipinski definition) is 0. The molecule has 2 heteroatoms. The van der Waals surface area contributed by atoms with E-state index in [-0.39, 0.29) is 0 Å². The van der Waals surface area contributed by atoms with Gasteiger partial charge in [-0.05, 0) is 147 Å². The maximum atomic E-state index is 4.04. The third-order valence-electron chi connectivity index (χ3n) is 12.2. The highest BCUT2D eigenvalue weighted by molar-refractivity contribution is 9.10. The Balaban J connectivity index is 1.35. The Bertz CT molecular complexity index is 3420. The fourth-order valence-electron chi connectivity index (χ4n) is 9.38. The minimum absolute atomic E-state index is 1.04. The molecule has 0 saturated carbocycles. The fraction of sp³-hybridized carbons (Fsp3) is 0. The molecule has 0 unspecified atom stereocenters. The summed E-state index contributed by atoms with van der Waals surface area (Å²) in [6, 6.07) is 84.2. The summed E-state index contributed by atoms with van der Waals surface area (Å²) in [5, 5.41) is 7.32. The molecule has 0 aliphatic rings. The Labute approximate surface area is 379 Å². The normalized spacial score (nSPS) is 11.4. The molecule has 11 aromatic rings. The summed E-state index contributed by atoms with van der Waals surface area (Å²) in [4.78, 5) is 0. The topological polar surface area (TPSA) is 0 Å². The van der Waals surface area contributed by atoms with Crippen molar-refractivity contribution >= 4 is 64.2 Å². The van der Waals surface area contributed by atoms with Crippen molar-refractivity contribution in [1.82, 2.24) is 0 Å². The third kappa shape index (κ3) is 6.86. The molecule has 11 aromatic carbocycles. The van der Waals surface area contributed by atoms with Crippen LogP contribution in [0.15, 0.2) is 239 Å². The van der Waals surface area contributed by atoms with Crippen LogP contribution in [0.4, 0.5) is 0 Å². The SMILES string of the molecule is Brc1ccc2c(c1)c1c(-c3ccccc3)cc(-c3cc(-c4ccccc4)ccc3-c3ccc(-c4ccccc4)cc3)c(-c3ccccc3)c1c1cc(Br)cc(-c3ccccc3)c21. The van der Waals surface area contributed by atoms with E-state index in [1.54, 1.807) is 0 Å². The number of benzene rings is 11. The highest BCUT2D eigenvalue weighted by atomic mass is 79.9. The number of rotatable bonds is 7. The van der Waals surface area contributed by atoms with Gasteiger partial charge in [0.15, 0.2) is 0 Å². The zero-order valence-corrected chi connectivity index (χ0v) is 36.9. The molecular formula is C60H38Br2. The van der Waals surface area contributed by atoms with Crippen LogP contribution in [-0.4, -0.2) is 0 Å². The lowest BCUT2D eigenvalue weighted by atomic mass is 9.79. The van der Waals surface area contributed by atoms with E-state index in [0.717, 1.165) is 8.95 Å². The minimum atomic E-state index is 1.04. The molecule has 0 nitrogen and oxygen atoms in total. The average molecular weight is 919 g/mol. The summed E-state index contributed by atoms with van der Waals surface area (Å²) >= 11 is 7.97. The second-order valence-electron chi connectivity index (χ2n) is 15.8. The Hall–Kier alpha value is -6.84. The van der Waals surface area contributed by atoms with Crippen LogP contribution in [0.25, 0.3) is 110 Å². The summed E-state index contributed by atoms with van der Waals surface area (Å²) in [6.07, 6.45) is 0. The summed E-state index contributed by atoms with van der Waals surface area (Å²) in [5.41, 5.74) is 16.6. The molecule has 0 spiro atoms. The summed E-state index contributed by atoms with van der Waals surface area (Å²) in [6.45, 7) is 0. The maximum absolute atomic E-state index is 4.04. The Kier molecular flexibility index (Phi) is 9.97. The Morgan fingerprint density at radius 2 is 0.661 bits per heavy atom. The van der Waals surface area contributed by atoms with Crippen LogP contribution in [0.5, 0.6) is 0 Å². The van der Waals surface area contributed by atoms with Gasteiger partial charge in [-0.25, -0.2) is 0 Å². The molecule has 0 radical (unpaired) electrons. The number of fused-ring (bicyclic) bond motifs is 6. The first-order valence-corrected chi connectivity index (χ1v) is 22.5. The van der Waals surface area contributed by atoms with Crippen LogP contribution < -0.4 is 0 Å². The molecule has 0 aromatic heterocycles. The van der Waals surface area contributed by atoms with Crippen molar-refractivity contribution in [1.29, 1.82) is 0 Å². The van der Waals surface area contributed by atoms with Gasteiger partial charge in [-0.1, -0.05) is 226 Å². The molecule has 0 saturated heterocycles. The molecule has 62 heavy (non-hydrogen) atoms. The molecule has 0 amide bonds. The van der Waals surface area contributed by atoms with Gasteiger partial charge in [0, 0.05) is 8.95 Å². The van der Waals surface area contributed by atoms with Gasteiger partial charge in [-0.3, -0.25) is 0 Å². The quantitative estimate of drug-likeness (QED) is 0.140. The molecule has 0 heterocycles. The van der Waals surface area contributed by atoms with Gasteiger partial charge in [0.2, 0.25) is 0 Å². The highest BCUT2D eigenvalue weighted by Gasteiger charge is 2.25. The second kappa shape index (κ2) is 16.2. The van der Waals surface area contributed by atoms with Crippen molar-refractivity contribution in [2.24, 2.45) is 0 Å². The molecule has 11 rings (SSSR count). The van der Waals surface area contributed by atoms with Crippen molar-refractivity contribution in [2.45, 2.75) is 0 Å². The first kappa shape index (κ1) is 38.1. The first-order valence-electron chi connectivity index (χ1n) is 21.0. The van der Waals surface area contributed by atoms with Crippen LogP contribution in [-0.2, 0) is 0 Å². The van der Waals surface area contributed by atoms with E-state index in [0.29, 0.717) is 0 Å². The Morgan fingerprint density at radius 3 is 1.26 bits per heavy atom. The minimum Gasteiger partial charge on any atom is -0.0622 e. The van der Waals surface area contributed by atoms with E-state index < -0.39 is 0 Å². The summed E-state index contributed by atoms with van der Waals surface area (Å²) in [7, 11) is 0. The molecule has 292 valence electrons. The molecule has 0 atom stereocenters. The highest BCUT2D eigenvalue weighted by Crippen LogP contribution is 2.53. The summed E-state index contributed by atoms with van der Waals surface area (Å²) in [5.74, 6) is 0. The van der Waals surface area contributed by atoms with E-state index in [9.17, 15) is 0 Å². The molecule has 0 aliphatic heterocycles. The lowest BCUT2D eigenvalue weighted by Gasteiger charge is -2.24. The standard InChI is InChI=1S/C60H38Br2/c61-47-31-33-50-54(35-47)59-52(43-22-12-4-13-23-43)38-55(57(45-24-14-5-15-25-45)60(59)56-37-48(62)36-51(58(50)56)42-20-10-3-11-21-42)53-34-46(40-18-8-2-9-19-40)30-32-49(53)44-28-26-41(27-29-44)39-16-6-1-7-17-39/h1-38H. The van der Waals surface area contributed by atoms with Crippen molar-refractivity contribution in [2.75, 3.05) is 0 Å². The van der Waals surface area contributed by atoms with Crippen molar-refractivity contribution < 1.29 is 0 Å². The zero-order chi connectivity index (χ0) is 41.6. The first-order chi connectivity index (χ1) is 30.6. The lowest BCUT2D eigenvalue weighted by Crippen LogP contribution is -1.97. The molecule has 0 bridgehead atoms. The van der Waals surface area contributed by atoms with Gasteiger partial charge in [-0.2, -0.15) is 0 Å². The third-order valence-corrected chi connectivity index (χ3v) is 13.1. The molecule has 0 fully saturated rings. The molecule has 0 N–H and O–H groups in total. The Morgan fingerprint density at radius 1 is 0.210 bits per heavy atom. The largest absolute Gasteiger partial charge is 0.0622 e. The number of hydrogen-bond donors (Lipinski definition) is 0. The van der Waals surface area contributed by atoms with Crippen molar-refractivity contribution in [3.8, 4) is 77.9 Å². The van der Waals surface area contributed by atoms with Gasteiger partial charge >= 0.3 is 0 Å². The van der Waals surface area contributed by atoms with E-state index in [1.165, 1.54) is 110 Å². The van der Waals surface area contributed by atoms with E-state index in [4.69, 9.17) is 0 Å². The van der Waals surface area contributed by atoms with Crippen molar-refractivity contribution in [3.63, 3.8) is 0 Å². The zero-order valence-electron chi connectivity index (χ0n) is 33.7. The van der Waals surface area contributed by atoms with Crippen LogP contribution in [0.3, 0.4) is 0 Å². The second-order valence-corrected chi connectivity index (χ2v) is 17.7. The van der Waals surface area contributed by atoms with Gasteiger partial charge in [0.1, 0.15) is 0 Å². The number of halogens is 2. The van der Waals surface area contributed by atoms with E-state index in [1.807, 2.05) is 0 Å². The predicted molar refractivity (Wildman–Crippen MR) is 272 cm³/mol. The predicted octanol–water partition coefficient (Wildman–Crippen LogP) is 18.3. The van der Waals surface area contributed by atoms with E-state index in [2.05, 4.69) is 262 Å². The molecule has 0 aliphatic carbocycles. The van der Waals surface area contributed by atoms with Gasteiger partial charge in [0.25, 0.3) is 0 Å². The maximum Gasteiger partial charge on any atom is 0.0188 e. The van der Waals surface area contributed by atoms with E-state index >= 15 is 0 Å².